The van der Waals surface area contributed by atoms with Gasteiger partial charge >= 0.3 is 0 Å². The van der Waals surface area contributed by atoms with Crippen molar-refractivity contribution in [2.24, 2.45) is 0 Å². The number of aromatic nitrogens is 2. The lowest BCUT2D eigenvalue weighted by molar-refractivity contribution is 0.0943. The predicted octanol–water partition coefficient (Wildman–Crippen LogP) is 4.45. The van der Waals surface area contributed by atoms with Crippen LogP contribution in [0.25, 0.3) is 10.9 Å². The first-order valence-electron chi connectivity index (χ1n) is 9.81. The van der Waals surface area contributed by atoms with E-state index in [1.165, 1.54) is 0 Å². The van der Waals surface area contributed by atoms with Crippen LogP contribution in [0.1, 0.15) is 29.8 Å². The number of amides is 1. The molecule has 30 heavy (non-hydrogen) atoms. The fourth-order valence-corrected chi connectivity index (χ4v) is 3.21. The van der Waals surface area contributed by atoms with E-state index < -0.39 is 8.07 Å². The standard InChI is InChI=1S/C23H26N4O2Si/c1-15(2)25-22(29)17-7-6-8-19(12-17)26-23-24-14-18-11-16(9-10-30(3,4)5)21(28)13-20(18)27-23/h6-8,11-15,28H,1-5H3,(H,25,29)(H,24,26,27). The summed E-state index contributed by atoms with van der Waals surface area (Å²) in [6.07, 6.45) is 1.69. The average Bonchev–Trinajstić information content (AvgIpc) is 2.65. The highest BCUT2D eigenvalue weighted by molar-refractivity contribution is 6.83. The molecule has 0 saturated heterocycles. The second-order valence-corrected chi connectivity index (χ2v) is 13.2. The van der Waals surface area contributed by atoms with E-state index in [0.29, 0.717) is 28.3 Å². The normalized spacial score (nSPS) is 11.1. The van der Waals surface area contributed by atoms with Crippen LogP contribution in [0.15, 0.2) is 42.6 Å². The summed E-state index contributed by atoms with van der Waals surface area (Å²) in [5.74, 6) is 3.43. The molecule has 0 spiro atoms. The van der Waals surface area contributed by atoms with E-state index in [4.69, 9.17) is 0 Å². The summed E-state index contributed by atoms with van der Waals surface area (Å²) in [6.45, 7) is 10.3. The molecule has 0 aliphatic carbocycles. The molecule has 1 heterocycles. The van der Waals surface area contributed by atoms with Gasteiger partial charge in [-0.1, -0.05) is 31.6 Å². The summed E-state index contributed by atoms with van der Waals surface area (Å²) in [7, 11) is -1.55. The number of anilines is 2. The van der Waals surface area contributed by atoms with Crippen molar-refractivity contribution in [1.29, 1.82) is 0 Å². The average molecular weight is 419 g/mol. The summed E-state index contributed by atoms with van der Waals surface area (Å²) in [6, 6.07) is 10.6. The number of nitrogens with one attached hydrogen (secondary N) is 2. The molecule has 1 aromatic heterocycles. The molecule has 1 amide bonds. The molecule has 154 valence electrons. The lowest BCUT2D eigenvalue weighted by Crippen LogP contribution is -2.30. The first-order valence-corrected chi connectivity index (χ1v) is 13.3. The Morgan fingerprint density at radius 3 is 2.63 bits per heavy atom. The van der Waals surface area contributed by atoms with Crippen LogP contribution < -0.4 is 10.6 Å². The highest BCUT2D eigenvalue weighted by Crippen LogP contribution is 2.24. The Hall–Kier alpha value is -3.37. The van der Waals surface area contributed by atoms with E-state index >= 15 is 0 Å². The van der Waals surface area contributed by atoms with Gasteiger partial charge in [0.1, 0.15) is 13.8 Å². The Balaban J connectivity index is 1.86. The molecule has 3 N–H and O–H groups in total. The molecule has 0 bridgehead atoms. The van der Waals surface area contributed by atoms with Crippen molar-refractivity contribution in [3.63, 3.8) is 0 Å². The van der Waals surface area contributed by atoms with E-state index in [-0.39, 0.29) is 17.7 Å². The zero-order valence-corrected chi connectivity index (χ0v) is 18.9. The van der Waals surface area contributed by atoms with Crippen LogP contribution in [-0.2, 0) is 0 Å². The van der Waals surface area contributed by atoms with Gasteiger partial charge in [0, 0.05) is 34.9 Å². The first-order chi connectivity index (χ1) is 14.1. The van der Waals surface area contributed by atoms with Gasteiger partial charge in [-0.15, -0.1) is 5.54 Å². The summed E-state index contributed by atoms with van der Waals surface area (Å²) in [5, 5.41) is 17.1. The summed E-state index contributed by atoms with van der Waals surface area (Å²) < 4.78 is 0. The van der Waals surface area contributed by atoms with Crippen molar-refractivity contribution in [2.75, 3.05) is 5.32 Å². The van der Waals surface area contributed by atoms with Crippen LogP contribution in [-0.4, -0.2) is 35.1 Å². The molecular weight excluding hydrogens is 392 g/mol. The van der Waals surface area contributed by atoms with Crippen LogP contribution >= 0.6 is 0 Å². The van der Waals surface area contributed by atoms with Gasteiger partial charge in [0.25, 0.3) is 5.91 Å². The molecule has 0 radical (unpaired) electrons. The van der Waals surface area contributed by atoms with E-state index in [1.807, 2.05) is 19.9 Å². The lowest BCUT2D eigenvalue weighted by Gasteiger charge is -2.10. The van der Waals surface area contributed by atoms with Crippen molar-refractivity contribution in [3.8, 4) is 17.2 Å². The zero-order valence-electron chi connectivity index (χ0n) is 17.9. The molecular formula is C23H26N4O2Si. The minimum atomic E-state index is -1.55. The number of benzene rings is 2. The number of nitrogens with zero attached hydrogens (tertiary/aromatic N) is 2. The number of hydrogen-bond acceptors (Lipinski definition) is 5. The minimum absolute atomic E-state index is 0.0611. The topological polar surface area (TPSA) is 87.1 Å². The number of carbonyl (C=O) groups excluding carboxylic acids is 1. The van der Waals surface area contributed by atoms with Gasteiger partial charge in [0.2, 0.25) is 5.95 Å². The van der Waals surface area contributed by atoms with Gasteiger partial charge in [0.05, 0.1) is 11.1 Å². The van der Waals surface area contributed by atoms with E-state index in [2.05, 4.69) is 51.7 Å². The Labute approximate surface area is 177 Å². The molecule has 6 nitrogen and oxygen atoms in total. The minimum Gasteiger partial charge on any atom is -0.507 e. The number of fused-ring (bicyclic) bond motifs is 1. The number of aromatic hydroxyl groups is 1. The maximum absolute atomic E-state index is 12.2. The molecule has 0 unspecified atom stereocenters. The summed E-state index contributed by atoms with van der Waals surface area (Å²) >= 11 is 0. The highest BCUT2D eigenvalue weighted by atomic mass is 28.3. The maximum Gasteiger partial charge on any atom is 0.251 e. The van der Waals surface area contributed by atoms with Gasteiger partial charge in [-0.25, -0.2) is 9.97 Å². The van der Waals surface area contributed by atoms with Crippen LogP contribution in [0, 0.1) is 11.5 Å². The van der Waals surface area contributed by atoms with Gasteiger partial charge in [-0.2, -0.15) is 0 Å². The largest absolute Gasteiger partial charge is 0.507 e. The van der Waals surface area contributed by atoms with E-state index in [1.54, 1.807) is 36.5 Å². The monoisotopic (exact) mass is 418 g/mol. The van der Waals surface area contributed by atoms with Crippen molar-refractivity contribution < 1.29 is 9.90 Å². The summed E-state index contributed by atoms with van der Waals surface area (Å²) in [5.41, 5.74) is 5.70. The van der Waals surface area contributed by atoms with Crippen LogP contribution in [0.3, 0.4) is 0 Å². The first kappa shape index (κ1) is 21.3. The fourth-order valence-electron chi connectivity index (χ4n) is 2.70. The van der Waals surface area contributed by atoms with Gasteiger partial charge in [-0.05, 0) is 38.1 Å². The summed E-state index contributed by atoms with van der Waals surface area (Å²) in [4.78, 5) is 21.1. The molecule has 0 aliphatic rings. The number of hydrogen-bond donors (Lipinski definition) is 3. The van der Waals surface area contributed by atoms with Crippen LogP contribution in [0.4, 0.5) is 11.6 Å². The molecule has 0 aliphatic heterocycles. The van der Waals surface area contributed by atoms with Crippen LogP contribution in [0.2, 0.25) is 19.6 Å². The molecule has 3 aromatic rings. The Morgan fingerprint density at radius 2 is 1.93 bits per heavy atom. The molecule has 3 rings (SSSR count). The van der Waals surface area contributed by atoms with Crippen LogP contribution in [0.5, 0.6) is 5.75 Å². The second kappa shape index (κ2) is 8.55. The Kier molecular flexibility index (Phi) is 6.08. The smallest absolute Gasteiger partial charge is 0.251 e. The molecule has 2 aromatic carbocycles. The molecule has 0 atom stereocenters. The highest BCUT2D eigenvalue weighted by Gasteiger charge is 2.11. The third-order valence-electron chi connectivity index (χ3n) is 4.07. The fraction of sp³-hybridized carbons (Fsp3) is 0.261. The molecule has 0 fully saturated rings. The van der Waals surface area contributed by atoms with Crippen molar-refractivity contribution in [1.82, 2.24) is 15.3 Å². The number of carbonyl (C=O) groups is 1. The second-order valence-electron chi connectivity index (χ2n) is 8.46. The van der Waals surface area contributed by atoms with Crippen molar-refractivity contribution in [2.45, 2.75) is 39.5 Å². The third kappa shape index (κ3) is 5.58. The van der Waals surface area contributed by atoms with E-state index in [0.717, 1.165) is 5.39 Å². The Bertz CT molecular complexity index is 1160. The number of phenolic OH excluding ortho intramolecular Hbond substituents is 1. The Morgan fingerprint density at radius 1 is 1.17 bits per heavy atom. The molecule has 0 saturated carbocycles. The van der Waals surface area contributed by atoms with Crippen molar-refractivity contribution >= 4 is 36.5 Å². The quantitative estimate of drug-likeness (QED) is 0.430. The third-order valence-corrected chi connectivity index (χ3v) is 4.95. The predicted molar refractivity (Wildman–Crippen MR) is 124 cm³/mol. The van der Waals surface area contributed by atoms with Crippen molar-refractivity contribution in [3.05, 3.63) is 53.7 Å². The van der Waals surface area contributed by atoms with E-state index in [9.17, 15) is 9.90 Å². The number of rotatable bonds is 4. The van der Waals surface area contributed by atoms with Gasteiger partial charge in [-0.3, -0.25) is 4.79 Å². The lowest BCUT2D eigenvalue weighted by atomic mass is 10.1. The zero-order chi connectivity index (χ0) is 21.9. The SMILES string of the molecule is CC(C)NC(=O)c1cccc(Nc2ncc3cc(C#C[Si](C)(C)C)c(O)cc3n2)c1. The number of phenols is 1. The molecule has 7 heteroatoms. The maximum atomic E-state index is 12.2. The van der Waals surface area contributed by atoms with Gasteiger partial charge < -0.3 is 15.7 Å². The van der Waals surface area contributed by atoms with Gasteiger partial charge in [0.15, 0.2) is 0 Å².